The van der Waals surface area contributed by atoms with Crippen LogP contribution in [0, 0.1) is 0 Å². The zero-order valence-electron chi connectivity index (χ0n) is 17.0. The van der Waals surface area contributed by atoms with Crippen LogP contribution in [0.4, 0.5) is 5.82 Å². The van der Waals surface area contributed by atoms with E-state index in [2.05, 4.69) is 37.0 Å². The Bertz CT molecular complexity index is 1170. The molecular formula is C23H22Cl2N6. The fourth-order valence-electron chi connectivity index (χ4n) is 3.98. The van der Waals surface area contributed by atoms with Gasteiger partial charge in [0, 0.05) is 42.8 Å². The number of hydrogen-bond acceptors (Lipinski definition) is 5. The van der Waals surface area contributed by atoms with Gasteiger partial charge in [0.15, 0.2) is 5.65 Å². The third-order valence-corrected chi connectivity index (χ3v) is 6.15. The van der Waals surface area contributed by atoms with Crippen molar-refractivity contribution in [3.63, 3.8) is 0 Å². The summed E-state index contributed by atoms with van der Waals surface area (Å²) < 4.78 is 1.92. The molecule has 0 bridgehead atoms. The maximum absolute atomic E-state index is 6.00. The van der Waals surface area contributed by atoms with Gasteiger partial charge in [0.2, 0.25) is 0 Å². The van der Waals surface area contributed by atoms with Crippen LogP contribution in [-0.2, 0) is 13.1 Å². The van der Waals surface area contributed by atoms with Crippen LogP contribution >= 0.6 is 23.2 Å². The molecule has 31 heavy (non-hydrogen) atoms. The van der Waals surface area contributed by atoms with Gasteiger partial charge < -0.3 is 4.90 Å². The van der Waals surface area contributed by atoms with Crippen molar-refractivity contribution in [1.29, 1.82) is 0 Å². The molecule has 2 aromatic carbocycles. The maximum Gasteiger partial charge on any atom is 0.163 e. The van der Waals surface area contributed by atoms with Crippen molar-refractivity contribution in [2.24, 2.45) is 0 Å². The van der Waals surface area contributed by atoms with Gasteiger partial charge in [0.1, 0.15) is 12.1 Å². The van der Waals surface area contributed by atoms with E-state index in [-0.39, 0.29) is 0 Å². The van der Waals surface area contributed by atoms with Crippen molar-refractivity contribution in [1.82, 2.24) is 24.6 Å². The molecule has 0 saturated carbocycles. The minimum Gasteiger partial charge on any atom is -0.353 e. The number of nitrogens with zero attached hydrogens (tertiary/aromatic N) is 6. The Labute approximate surface area is 191 Å². The highest BCUT2D eigenvalue weighted by Crippen LogP contribution is 2.25. The molecule has 0 spiro atoms. The second-order valence-electron chi connectivity index (χ2n) is 7.75. The Hall–Kier alpha value is -2.67. The van der Waals surface area contributed by atoms with E-state index in [1.807, 2.05) is 47.3 Å². The summed E-state index contributed by atoms with van der Waals surface area (Å²) in [5.74, 6) is 0.957. The second-order valence-corrected chi connectivity index (χ2v) is 8.63. The zero-order chi connectivity index (χ0) is 21.2. The van der Waals surface area contributed by atoms with Gasteiger partial charge in [0.05, 0.1) is 18.1 Å². The van der Waals surface area contributed by atoms with Gasteiger partial charge in [-0.05, 0) is 35.4 Å². The molecule has 1 aliphatic heterocycles. The van der Waals surface area contributed by atoms with Crippen LogP contribution in [0.5, 0.6) is 0 Å². The number of benzene rings is 2. The number of halogens is 2. The molecule has 0 amide bonds. The molecule has 1 fully saturated rings. The summed E-state index contributed by atoms with van der Waals surface area (Å²) in [6, 6.07) is 15.9. The average molecular weight is 453 g/mol. The van der Waals surface area contributed by atoms with Gasteiger partial charge in [-0.3, -0.25) is 4.90 Å². The third-order valence-electron chi connectivity index (χ3n) is 5.65. The Balaban J connectivity index is 1.29. The predicted molar refractivity (Wildman–Crippen MR) is 125 cm³/mol. The fraction of sp³-hybridized carbons (Fsp3) is 0.261. The fourth-order valence-corrected chi connectivity index (χ4v) is 4.23. The van der Waals surface area contributed by atoms with Crippen LogP contribution in [0.25, 0.3) is 11.0 Å². The minimum absolute atomic E-state index is 0.645. The monoisotopic (exact) mass is 452 g/mol. The Kier molecular flexibility index (Phi) is 5.76. The summed E-state index contributed by atoms with van der Waals surface area (Å²) in [4.78, 5) is 13.9. The molecule has 0 aliphatic carbocycles. The Morgan fingerprint density at radius 1 is 0.742 bits per heavy atom. The number of fused-ring (bicyclic) bond motifs is 1. The summed E-state index contributed by atoms with van der Waals surface area (Å²) >= 11 is 12.0. The third kappa shape index (κ3) is 4.51. The average Bonchev–Trinajstić information content (AvgIpc) is 3.20. The van der Waals surface area contributed by atoms with Gasteiger partial charge in [-0.25, -0.2) is 14.6 Å². The molecule has 1 saturated heterocycles. The molecule has 0 radical (unpaired) electrons. The summed E-state index contributed by atoms with van der Waals surface area (Å²) in [7, 11) is 0. The van der Waals surface area contributed by atoms with E-state index in [0.29, 0.717) is 6.54 Å². The van der Waals surface area contributed by atoms with Crippen LogP contribution in [0.2, 0.25) is 10.0 Å². The van der Waals surface area contributed by atoms with Crippen molar-refractivity contribution in [3.8, 4) is 0 Å². The second kappa shape index (κ2) is 8.83. The summed E-state index contributed by atoms with van der Waals surface area (Å²) in [6.45, 7) is 5.37. The summed E-state index contributed by atoms with van der Waals surface area (Å²) in [6.07, 6.45) is 3.51. The normalized spacial score (nSPS) is 15.0. The molecular weight excluding hydrogens is 431 g/mol. The first-order valence-electron chi connectivity index (χ1n) is 10.3. The first-order chi connectivity index (χ1) is 15.2. The first kappa shape index (κ1) is 20.2. The summed E-state index contributed by atoms with van der Waals surface area (Å²) in [5, 5.41) is 7.07. The molecule has 0 N–H and O–H groups in total. The van der Waals surface area contributed by atoms with Crippen molar-refractivity contribution >= 4 is 40.1 Å². The maximum atomic E-state index is 6.00. The zero-order valence-corrected chi connectivity index (χ0v) is 18.5. The van der Waals surface area contributed by atoms with Crippen molar-refractivity contribution in [2.45, 2.75) is 13.1 Å². The molecule has 5 rings (SSSR count). The van der Waals surface area contributed by atoms with Crippen LogP contribution in [-0.4, -0.2) is 50.8 Å². The topological polar surface area (TPSA) is 50.1 Å². The molecule has 0 atom stereocenters. The number of aromatic nitrogens is 4. The largest absolute Gasteiger partial charge is 0.353 e. The van der Waals surface area contributed by atoms with Gasteiger partial charge in [0.25, 0.3) is 0 Å². The first-order valence-corrected chi connectivity index (χ1v) is 11.0. The number of anilines is 1. The van der Waals surface area contributed by atoms with Crippen molar-refractivity contribution in [3.05, 3.63) is 82.2 Å². The van der Waals surface area contributed by atoms with Gasteiger partial charge in [-0.1, -0.05) is 47.5 Å². The number of piperazine rings is 1. The van der Waals surface area contributed by atoms with Gasteiger partial charge in [-0.15, -0.1) is 0 Å². The smallest absolute Gasteiger partial charge is 0.163 e. The standard InChI is InChI=1S/C23H22Cl2N6/c24-19-5-1-17(2-6-19)14-29-9-11-30(12-10-29)22-21-13-28-31(23(21)27-16-26-22)15-18-3-7-20(25)8-4-18/h1-8,13,16H,9-12,14-15H2. The lowest BCUT2D eigenvalue weighted by Crippen LogP contribution is -2.46. The lowest BCUT2D eigenvalue weighted by Gasteiger charge is -2.35. The number of hydrogen-bond donors (Lipinski definition) is 0. The Morgan fingerprint density at radius 3 is 2.00 bits per heavy atom. The predicted octanol–water partition coefficient (Wildman–Crippen LogP) is 4.50. The molecule has 8 heteroatoms. The van der Waals surface area contributed by atoms with Crippen LogP contribution in [0.1, 0.15) is 11.1 Å². The van der Waals surface area contributed by atoms with Crippen LogP contribution in [0.3, 0.4) is 0 Å². The van der Waals surface area contributed by atoms with Crippen molar-refractivity contribution in [2.75, 3.05) is 31.1 Å². The minimum atomic E-state index is 0.645. The molecule has 3 heterocycles. The highest BCUT2D eigenvalue weighted by atomic mass is 35.5. The van der Waals surface area contributed by atoms with Gasteiger partial charge in [-0.2, -0.15) is 5.10 Å². The van der Waals surface area contributed by atoms with E-state index >= 15 is 0 Å². The van der Waals surface area contributed by atoms with Crippen molar-refractivity contribution < 1.29 is 0 Å². The molecule has 1 aliphatic rings. The van der Waals surface area contributed by atoms with E-state index in [4.69, 9.17) is 23.2 Å². The van der Waals surface area contributed by atoms with E-state index in [0.717, 1.165) is 65.2 Å². The SMILES string of the molecule is Clc1ccc(CN2CCN(c3ncnc4c3cnn4Cc3ccc(Cl)cc3)CC2)cc1. The van der Waals surface area contributed by atoms with E-state index in [1.165, 1.54) is 5.56 Å². The highest BCUT2D eigenvalue weighted by molar-refractivity contribution is 6.30. The van der Waals surface area contributed by atoms with Crippen LogP contribution in [0.15, 0.2) is 61.1 Å². The highest BCUT2D eigenvalue weighted by Gasteiger charge is 2.21. The summed E-state index contributed by atoms with van der Waals surface area (Å²) in [5.41, 5.74) is 3.26. The molecule has 158 valence electrons. The van der Waals surface area contributed by atoms with Gasteiger partial charge >= 0.3 is 0 Å². The quantitative estimate of drug-likeness (QED) is 0.445. The Morgan fingerprint density at radius 2 is 1.35 bits per heavy atom. The molecule has 0 unspecified atom stereocenters. The number of rotatable bonds is 5. The lowest BCUT2D eigenvalue weighted by molar-refractivity contribution is 0.249. The molecule has 2 aromatic heterocycles. The molecule has 4 aromatic rings. The van der Waals surface area contributed by atoms with Crippen LogP contribution < -0.4 is 4.90 Å². The van der Waals surface area contributed by atoms with E-state index in [9.17, 15) is 0 Å². The molecule has 6 nitrogen and oxygen atoms in total. The van der Waals surface area contributed by atoms with E-state index < -0.39 is 0 Å². The van der Waals surface area contributed by atoms with E-state index in [1.54, 1.807) is 6.33 Å². The lowest BCUT2D eigenvalue weighted by atomic mass is 10.2.